The molecule has 0 radical (unpaired) electrons. The molecule has 0 aliphatic rings. The minimum atomic E-state index is -4.62. The van der Waals surface area contributed by atoms with Gasteiger partial charge in [-0.3, -0.25) is 5.32 Å². The standard InChI is InChI=1S/C9H18F3NO2/c1-4-8(14,9(10,11)12)5-13-6-15-7(2)3/h7,13-14H,4-6H2,1-3H3/t8-/m1/s1. The highest BCUT2D eigenvalue weighted by Crippen LogP contribution is 2.32. The molecule has 0 unspecified atom stereocenters. The Morgan fingerprint density at radius 1 is 1.33 bits per heavy atom. The summed E-state index contributed by atoms with van der Waals surface area (Å²) in [6, 6.07) is 0. The smallest absolute Gasteiger partial charge is 0.379 e. The largest absolute Gasteiger partial charge is 0.418 e. The molecule has 3 nitrogen and oxygen atoms in total. The molecule has 15 heavy (non-hydrogen) atoms. The fourth-order valence-corrected chi connectivity index (χ4v) is 0.909. The molecule has 0 fully saturated rings. The van der Waals surface area contributed by atoms with Crippen molar-refractivity contribution in [3.63, 3.8) is 0 Å². The van der Waals surface area contributed by atoms with E-state index in [0.717, 1.165) is 0 Å². The van der Waals surface area contributed by atoms with Crippen molar-refractivity contribution in [3.05, 3.63) is 0 Å². The fraction of sp³-hybridized carbons (Fsp3) is 1.00. The van der Waals surface area contributed by atoms with Crippen LogP contribution in [0.5, 0.6) is 0 Å². The van der Waals surface area contributed by atoms with Crippen molar-refractivity contribution in [2.75, 3.05) is 13.3 Å². The molecule has 0 rings (SSSR count). The Labute approximate surface area is 87.6 Å². The molecule has 0 aromatic heterocycles. The molecule has 6 heteroatoms. The lowest BCUT2D eigenvalue weighted by atomic mass is 10.0. The zero-order chi connectivity index (χ0) is 12.1. The monoisotopic (exact) mass is 229 g/mol. The summed E-state index contributed by atoms with van der Waals surface area (Å²) in [7, 11) is 0. The van der Waals surface area contributed by atoms with E-state index in [1.807, 2.05) is 0 Å². The predicted octanol–water partition coefficient (Wildman–Crippen LogP) is 1.66. The van der Waals surface area contributed by atoms with Crippen LogP contribution in [-0.4, -0.2) is 36.3 Å². The number of hydrogen-bond acceptors (Lipinski definition) is 3. The summed E-state index contributed by atoms with van der Waals surface area (Å²) in [6.07, 6.45) is -5.06. The molecule has 0 heterocycles. The second-order valence-electron chi connectivity index (χ2n) is 3.67. The van der Waals surface area contributed by atoms with Crippen LogP contribution in [0.25, 0.3) is 0 Å². The van der Waals surface area contributed by atoms with Gasteiger partial charge in [-0.2, -0.15) is 13.2 Å². The van der Waals surface area contributed by atoms with E-state index in [-0.39, 0.29) is 19.3 Å². The Balaban J connectivity index is 4.00. The average molecular weight is 229 g/mol. The highest BCUT2D eigenvalue weighted by atomic mass is 19.4. The topological polar surface area (TPSA) is 41.5 Å². The van der Waals surface area contributed by atoms with Crippen molar-refractivity contribution >= 4 is 0 Å². The summed E-state index contributed by atoms with van der Waals surface area (Å²) >= 11 is 0. The quantitative estimate of drug-likeness (QED) is 0.537. The van der Waals surface area contributed by atoms with Crippen LogP contribution in [0.4, 0.5) is 13.2 Å². The van der Waals surface area contributed by atoms with Crippen LogP contribution in [0.1, 0.15) is 27.2 Å². The van der Waals surface area contributed by atoms with Gasteiger partial charge in [0.2, 0.25) is 0 Å². The van der Waals surface area contributed by atoms with E-state index in [9.17, 15) is 18.3 Å². The fourth-order valence-electron chi connectivity index (χ4n) is 0.909. The van der Waals surface area contributed by atoms with Crippen molar-refractivity contribution in [1.82, 2.24) is 5.32 Å². The Morgan fingerprint density at radius 3 is 2.20 bits per heavy atom. The Hall–Kier alpha value is -0.330. The van der Waals surface area contributed by atoms with Gasteiger partial charge in [0.05, 0.1) is 12.8 Å². The minimum Gasteiger partial charge on any atom is -0.379 e. The van der Waals surface area contributed by atoms with Gasteiger partial charge in [-0.25, -0.2) is 0 Å². The van der Waals surface area contributed by atoms with Crippen molar-refractivity contribution < 1.29 is 23.0 Å². The molecule has 0 aliphatic heterocycles. The zero-order valence-corrected chi connectivity index (χ0v) is 9.19. The zero-order valence-electron chi connectivity index (χ0n) is 9.19. The first-order valence-electron chi connectivity index (χ1n) is 4.84. The van der Waals surface area contributed by atoms with E-state index in [0.29, 0.717) is 0 Å². The van der Waals surface area contributed by atoms with Gasteiger partial charge in [-0.1, -0.05) is 6.92 Å². The molecular weight excluding hydrogens is 211 g/mol. The highest BCUT2D eigenvalue weighted by molar-refractivity contribution is 4.86. The van der Waals surface area contributed by atoms with E-state index in [1.165, 1.54) is 6.92 Å². The van der Waals surface area contributed by atoms with Crippen molar-refractivity contribution in [2.24, 2.45) is 0 Å². The predicted molar refractivity (Wildman–Crippen MR) is 50.4 cm³/mol. The SMILES string of the molecule is CC[C@@](O)(CNCOC(C)C)C(F)(F)F. The molecule has 0 amide bonds. The summed E-state index contributed by atoms with van der Waals surface area (Å²) in [4.78, 5) is 0. The first-order chi connectivity index (χ1) is 6.73. The number of aliphatic hydroxyl groups is 1. The summed E-state index contributed by atoms with van der Waals surface area (Å²) in [5, 5.41) is 11.7. The lowest BCUT2D eigenvalue weighted by Gasteiger charge is -2.29. The van der Waals surface area contributed by atoms with Crippen molar-refractivity contribution in [3.8, 4) is 0 Å². The maximum atomic E-state index is 12.4. The van der Waals surface area contributed by atoms with Crippen molar-refractivity contribution in [2.45, 2.75) is 45.1 Å². The Morgan fingerprint density at radius 2 is 1.87 bits per heavy atom. The summed E-state index contributed by atoms with van der Waals surface area (Å²) < 4.78 is 42.1. The van der Waals surface area contributed by atoms with Gasteiger partial charge in [0.1, 0.15) is 0 Å². The van der Waals surface area contributed by atoms with Gasteiger partial charge in [-0.05, 0) is 20.3 Å². The van der Waals surface area contributed by atoms with E-state index < -0.39 is 18.3 Å². The molecule has 0 aliphatic carbocycles. The lowest BCUT2D eigenvalue weighted by Crippen LogP contribution is -2.52. The second-order valence-corrected chi connectivity index (χ2v) is 3.67. The third kappa shape index (κ3) is 4.81. The minimum absolute atomic E-state index is 0.00391. The molecule has 92 valence electrons. The molecule has 0 aromatic carbocycles. The van der Waals surface area contributed by atoms with E-state index in [1.54, 1.807) is 13.8 Å². The maximum absolute atomic E-state index is 12.4. The number of rotatable bonds is 6. The third-order valence-electron chi connectivity index (χ3n) is 2.05. The van der Waals surface area contributed by atoms with Crippen LogP contribution in [0.2, 0.25) is 0 Å². The van der Waals surface area contributed by atoms with Gasteiger partial charge < -0.3 is 9.84 Å². The van der Waals surface area contributed by atoms with Crippen molar-refractivity contribution in [1.29, 1.82) is 0 Å². The normalized spacial score (nSPS) is 16.8. The van der Waals surface area contributed by atoms with Gasteiger partial charge in [0.15, 0.2) is 5.60 Å². The summed E-state index contributed by atoms with van der Waals surface area (Å²) in [6.45, 7) is 4.28. The molecule has 1 atom stereocenters. The van der Waals surface area contributed by atoms with Crippen LogP contribution in [0.15, 0.2) is 0 Å². The molecular formula is C9H18F3NO2. The van der Waals surface area contributed by atoms with Crippen LogP contribution >= 0.6 is 0 Å². The first-order valence-corrected chi connectivity index (χ1v) is 4.84. The van der Waals surface area contributed by atoms with Crippen LogP contribution in [-0.2, 0) is 4.74 Å². The van der Waals surface area contributed by atoms with Crippen LogP contribution in [0, 0.1) is 0 Å². The molecule has 0 saturated carbocycles. The second kappa shape index (κ2) is 5.67. The number of hydrogen-bond donors (Lipinski definition) is 2. The van der Waals surface area contributed by atoms with E-state index >= 15 is 0 Å². The summed E-state index contributed by atoms with van der Waals surface area (Å²) in [5.41, 5.74) is -2.67. The molecule has 2 N–H and O–H groups in total. The Kier molecular flexibility index (Phi) is 5.55. The van der Waals surface area contributed by atoms with Gasteiger partial charge in [0.25, 0.3) is 0 Å². The van der Waals surface area contributed by atoms with Gasteiger partial charge in [-0.15, -0.1) is 0 Å². The molecule has 0 bridgehead atoms. The lowest BCUT2D eigenvalue weighted by molar-refractivity contribution is -0.259. The van der Waals surface area contributed by atoms with Crippen LogP contribution < -0.4 is 5.32 Å². The molecule has 0 saturated heterocycles. The van der Waals surface area contributed by atoms with Crippen LogP contribution in [0.3, 0.4) is 0 Å². The van der Waals surface area contributed by atoms with Gasteiger partial charge in [0, 0.05) is 6.54 Å². The highest BCUT2D eigenvalue weighted by Gasteiger charge is 2.51. The molecule has 0 spiro atoms. The summed E-state index contributed by atoms with van der Waals surface area (Å²) in [5.74, 6) is 0. The Bertz CT molecular complexity index is 185. The average Bonchev–Trinajstić information content (AvgIpc) is 2.09. The third-order valence-corrected chi connectivity index (χ3v) is 2.05. The maximum Gasteiger partial charge on any atom is 0.418 e. The first kappa shape index (κ1) is 14.7. The number of nitrogens with one attached hydrogen (secondary N) is 1. The molecule has 0 aromatic rings. The van der Waals surface area contributed by atoms with E-state index in [4.69, 9.17) is 4.74 Å². The number of halogens is 3. The number of alkyl halides is 3. The van der Waals surface area contributed by atoms with Gasteiger partial charge >= 0.3 is 6.18 Å². The number of ether oxygens (including phenoxy) is 1. The van der Waals surface area contributed by atoms with E-state index in [2.05, 4.69) is 5.32 Å².